The molecule has 0 aromatic heterocycles. The van der Waals surface area contributed by atoms with Crippen LogP contribution in [-0.2, 0) is 0 Å². The molecule has 0 saturated carbocycles. The summed E-state index contributed by atoms with van der Waals surface area (Å²) < 4.78 is 0. The van der Waals surface area contributed by atoms with Crippen molar-refractivity contribution in [2.75, 3.05) is 35.2 Å². The summed E-state index contributed by atoms with van der Waals surface area (Å²) in [4.78, 5) is 22.4. The zero-order chi connectivity index (χ0) is 17.7. The number of hydrogen-bond acceptors (Lipinski definition) is 6. The van der Waals surface area contributed by atoms with Gasteiger partial charge in [-0.05, 0) is 36.4 Å². The number of hydrogen-bond donors (Lipinski definition) is 6. The van der Waals surface area contributed by atoms with Gasteiger partial charge in [0, 0.05) is 24.2 Å². The molecule has 2 rings (SSSR count). The quantitative estimate of drug-likeness (QED) is 0.321. The number of anilines is 4. The van der Waals surface area contributed by atoms with Crippen molar-refractivity contribution < 1.29 is 9.59 Å². The zero-order valence-corrected chi connectivity index (χ0v) is 13.0. The van der Waals surface area contributed by atoms with Crippen LogP contribution in [0.5, 0.6) is 0 Å². The third-order valence-corrected chi connectivity index (χ3v) is 3.43. The van der Waals surface area contributed by atoms with Gasteiger partial charge in [-0.15, -0.1) is 0 Å². The number of nitrogens with one attached hydrogen (secondary N) is 2. The van der Waals surface area contributed by atoms with E-state index in [2.05, 4.69) is 10.6 Å². The van der Waals surface area contributed by atoms with Crippen LogP contribution in [0, 0.1) is 0 Å². The minimum atomic E-state index is -0.521. The highest BCUT2D eigenvalue weighted by molar-refractivity contribution is 5.95. The lowest BCUT2D eigenvalue weighted by molar-refractivity contribution is 0.0992. The lowest BCUT2D eigenvalue weighted by Gasteiger charge is -2.13. The average Bonchev–Trinajstić information content (AvgIpc) is 2.54. The number of nitrogens with two attached hydrogens (primary N) is 4. The minimum Gasteiger partial charge on any atom is -0.397 e. The minimum absolute atomic E-state index is 0.373. The third-order valence-electron chi connectivity index (χ3n) is 3.43. The molecule has 0 unspecified atom stereocenters. The van der Waals surface area contributed by atoms with Gasteiger partial charge in [-0.25, -0.2) is 0 Å². The Morgan fingerprint density at radius 3 is 1.46 bits per heavy atom. The first-order valence-electron chi connectivity index (χ1n) is 7.25. The van der Waals surface area contributed by atoms with E-state index in [1.165, 1.54) is 0 Å². The maximum atomic E-state index is 11.2. The Labute approximate surface area is 139 Å². The molecule has 0 bridgehead atoms. The molecule has 2 aromatic carbocycles. The fraction of sp³-hybridized carbons (Fsp3) is 0.125. The van der Waals surface area contributed by atoms with Crippen LogP contribution in [0.15, 0.2) is 36.4 Å². The Morgan fingerprint density at radius 1 is 0.750 bits per heavy atom. The van der Waals surface area contributed by atoms with E-state index >= 15 is 0 Å². The summed E-state index contributed by atoms with van der Waals surface area (Å²) in [6, 6.07) is 9.56. The van der Waals surface area contributed by atoms with Gasteiger partial charge in [0.25, 0.3) is 0 Å². The maximum absolute atomic E-state index is 11.2. The molecule has 8 nitrogen and oxygen atoms in total. The fourth-order valence-electron chi connectivity index (χ4n) is 2.12. The van der Waals surface area contributed by atoms with Crippen molar-refractivity contribution in [1.82, 2.24) is 0 Å². The molecule has 10 N–H and O–H groups in total. The molecule has 0 saturated heterocycles. The predicted molar refractivity (Wildman–Crippen MR) is 95.7 cm³/mol. The highest BCUT2D eigenvalue weighted by Gasteiger charge is 2.06. The van der Waals surface area contributed by atoms with Crippen molar-refractivity contribution in [1.29, 1.82) is 0 Å². The summed E-state index contributed by atoms with van der Waals surface area (Å²) in [5.41, 5.74) is 25.2. The van der Waals surface area contributed by atoms with Gasteiger partial charge in [0.05, 0.1) is 22.7 Å². The molecule has 0 radical (unpaired) electrons. The number of benzene rings is 2. The number of carbonyl (C=O) groups is 2. The number of amides is 2. The van der Waals surface area contributed by atoms with Crippen LogP contribution >= 0.6 is 0 Å². The van der Waals surface area contributed by atoms with Gasteiger partial charge in [-0.2, -0.15) is 0 Å². The molecular weight excluding hydrogens is 308 g/mol. The lowest BCUT2D eigenvalue weighted by atomic mass is 10.1. The second kappa shape index (κ2) is 7.23. The molecule has 0 aliphatic heterocycles. The summed E-state index contributed by atoms with van der Waals surface area (Å²) in [6.45, 7) is 1.01. The topological polar surface area (TPSA) is 162 Å². The van der Waals surface area contributed by atoms with Crippen LogP contribution in [0.25, 0.3) is 0 Å². The summed E-state index contributed by atoms with van der Waals surface area (Å²) in [6.07, 6.45) is 0. The van der Waals surface area contributed by atoms with E-state index in [9.17, 15) is 9.59 Å². The van der Waals surface area contributed by atoms with Crippen molar-refractivity contribution in [2.45, 2.75) is 0 Å². The van der Waals surface area contributed by atoms with Crippen molar-refractivity contribution in [3.63, 3.8) is 0 Å². The van der Waals surface area contributed by atoms with E-state index in [1.807, 2.05) is 0 Å². The maximum Gasteiger partial charge on any atom is 0.248 e. The second-order valence-corrected chi connectivity index (χ2v) is 5.19. The first-order chi connectivity index (χ1) is 11.4. The molecular formula is C16H20N6O2. The Hall–Kier alpha value is -3.42. The van der Waals surface area contributed by atoms with Gasteiger partial charge in [0.1, 0.15) is 0 Å². The van der Waals surface area contributed by atoms with Crippen LogP contribution in [0.3, 0.4) is 0 Å². The highest BCUT2D eigenvalue weighted by Crippen LogP contribution is 2.21. The van der Waals surface area contributed by atoms with E-state index < -0.39 is 11.8 Å². The van der Waals surface area contributed by atoms with E-state index in [-0.39, 0.29) is 0 Å². The Kier molecular flexibility index (Phi) is 5.10. The Bertz CT molecular complexity index is 710. The van der Waals surface area contributed by atoms with E-state index in [4.69, 9.17) is 22.9 Å². The smallest absolute Gasteiger partial charge is 0.248 e. The molecule has 0 atom stereocenters. The predicted octanol–water partition coefficient (Wildman–Crippen LogP) is 0.573. The third kappa shape index (κ3) is 4.07. The summed E-state index contributed by atoms with van der Waals surface area (Å²) in [5, 5.41) is 6.22. The molecule has 0 aliphatic rings. The fourth-order valence-corrected chi connectivity index (χ4v) is 2.12. The number of rotatable bonds is 7. The average molecular weight is 328 g/mol. The second-order valence-electron chi connectivity index (χ2n) is 5.19. The first kappa shape index (κ1) is 16.9. The summed E-state index contributed by atoms with van der Waals surface area (Å²) in [5.74, 6) is -1.04. The van der Waals surface area contributed by atoms with Crippen LogP contribution in [0.4, 0.5) is 22.7 Å². The van der Waals surface area contributed by atoms with Crippen molar-refractivity contribution in [3.8, 4) is 0 Å². The molecule has 24 heavy (non-hydrogen) atoms. The number of primary amides is 2. The first-order valence-corrected chi connectivity index (χ1v) is 7.25. The van der Waals surface area contributed by atoms with Crippen LogP contribution in [0.1, 0.15) is 20.7 Å². The SMILES string of the molecule is NC(=O)c1ccc(N)c(NCCNc2cc(C(N)=O)ccc2N)c1. The summed E-state index contributed by atoms with van der Waals surface area (Å²) >= 11 is 0. The van der Waals surface area contributed by atoms with Crippen molar-refractivity contribution in [2.24, 2.45) is 11.5 Å². The number of carbonyl (C=O) groups excluding carboxylic acids is 2. The van der Waals surface area contributed by atoms with Crippen LogP contribution in [0.2, 0.25) is 0 Å². The van der Waals surface area contributed by atoms with Gasteiger partial charge in [-0.3, -0.25) is 9.59 Å². The molecule has 2 aromatic rings. The number of nitrogen functional groups attached to an aromatic ring is 2. The van der Waals surface area contributed by atoms with Gasteiger partial charge < -0.3 is 33.6 Å². The molecule has 0 aliphatic carbocycles. The van der Waals surface area contributed by atoms with Crippen LogP contribution in [-0.4, -0.2) is 24.9 Å². The van der Waals surface area contributed by atoms with E-state index in [1.54, 1.807) is 36.4 Å². The lowest BCUT2D eigenvalue weighted by Crippen LogP contribution is -2.17. The molecule has 0 spiro atoms. The Morgan fingerprint density at radius 2 is 1.12 bits per heavy atom. The highest BCUT2D eigenvalue weighted by atomic mass is 16.1. The van der Waals surface area contributed by atoms with Crippen LogP contribution < -0.4 is 33.6 Å². The monoisotopic (exact) mass is 328 g/mol. The Balaban J connectivity index is 1.96. The van der Waals surface area contributed by atoms with E-state index in [0.29, 0.717) is 47.0 Å². The largest absolute Gasteiger partial charge is 0.397 e. The van der Waals surface area contributed by atoms with Crippen molar-refractivity contribution in [3.05, 3.63) is 47.5 Å². The molecule has 126 valence electrons. The molecule has 0 heterocycles. The van der Waals surface area contributed by atoms with Gasteiger partial charge in [-0.1, -0.05) is 0 Å². The van der Waals surface area contributed by atoms with Gasteiger partial charge in [0.2, 0.25) is 11.8 Å². The van der Waals surface area contributed by atoms with E-state index in [0.717, 1.165) is 0 Å². The summed E-state index contributed by atoms with van der Waals surface area (Å²) in [7, 11) is 0. The van der Waals surface area contributed by atoms with Gasteiger partial charge in [0.15, 0.2) is 0 Å². The zero-order valence-electron chi connectivity index (χ0n) is 13.0. The molecule has 8 heteroatoms. The van der Waals surface area contributed by atoms with Crippen molar-refractivity contribution >= 4 is 34.6 Å². The van der Waals surface area contributed by atoms with Gasteiger partial charge >= 0.3 is 0 Å². The molecule has 0 fully saturated rings. The molecule has 2 amide bonds. The standard InChI is InChI=1S/C16H20N6O2/c17-11-3-1-9(15(19)23)7-13(11)21-5-6-22-14-8-10(16(20)24)2-4-12(14)18/h1-4,7-8,21-22H,5-6,17-18H2,(H2,19,23)(H2,20,24). The normalized spacial score (nSPS) is 10.2.